The van der Waals surface area contributed by atoms with Crippen LogP contribution >= 0.6 is 0 Å². The van der Waals surface area contributed by atoms with E-state index in [1.54, 1.807) is 0 Å². The molecule has 0 saturated carbocycles. The van der Waals surface area contributed by atoms with Crippen molar-refractivity contribution in [3.63, 3.8) is 0 Å². The van der Waals surface area contributed by atoms with Crippen LogP contribution in [0.25, 0.3) is 22.3 Å². The highest BCUT2D eigenvalue weighted by Crippen LogP contribution is 2.49. The molecule has 5 heteroatoms. The van der Waals surface area contributed by atoms with E-state index < -0.39 is 0 Å². The summed E-state index contributed by atoms with van der Waals surface area (Å²) in [6.45, 7) is 26.1. The Bertz CT molecular complexity index is 4140. The van der Waals surface area contributed by atoms with Gasteiger partial charge < -0.3 is 14.7 Å². The molecule has 0 N–H and O–H groups in total. The zero-order chi connectivity index (χ0) is 57.6. The van der Waals surface area contributed by atoms with Gasteiger partial charge in [-0.15, -0.1) is 0 Å². The van der Waals surface area contributed by atoms with Crippen LogP contribution in [0, 0.1) is 76.2 Å². The first-order valence-corrected chi connectivity index (χ1v) is 30.2. The molecule has 0 bridgehead atoms. The molecule has 2 heterocycles. The zero-order valence-corrected chi connectivity index (χ0v) is 50.4. The summed E-state index contributed by atoms with van der Waals surface area (Å²) in [4.78, 5) is 7.57. The van der Waals surface area contributed by atoms with E-state index in [9.17, 15) is 0 Å². The Kier molecular flexibility index (Phi) is 12.0. The smallest absolute Gasteiger partial charge is 0.247 e. The number of para-hydroxylation sites is 4. The number of rotatable bonds is 8. The Hall–Kier alpha value is -9.05. The van der Waals surface area contributed by atoms with Crippen LogP contribution in [0.5, 0.6) is 0 Å². The molecule has 0 amide bonds. The third kappa shape index (κ3) is 7.74. The van der Waals surface area contributed by atoms with Crippen LogP contribution in [0.2, 0.25) is 0 Å². The molecule has 0 spiro atoms. The van der Waals surface area contributed by atoms with Crippen LogP contribution < -0.4 is 47.5 Å². The number of nitrogens with zero attached hydrogens (tertiary/aromatic N) is 3. The molecule has 0 radical (unpaired) electrons. The first kappa shape index (κ1) is 51.8. The van der Waals surface area contributed by atoms with Crippen molar-refractivity contribution in [3.05, 3.63) is 278 Å². The van der Waals surface area contributed by atoms with E-state index in [0.29, 0.717) is 0 Å². The first-order valence-electron chi connectivity index (χ1n) is 30.2. The fourth-order valence-corrected chi connectivity index (χ4v) is 15.6. The summed E-state index contributed by atoms with van der Waals surface area (Å²) in [5.74, 6) is 0. The van der Waals surface area contributed by atoms with Crippen molar-refractivity contribution in [3.8, 4) is 22.3 Å². The van der Waals surface area contributed by atoms with Crippen molar-refractivity contribution in [1.29, 1.82) is 0 Å². The van der Waals surface area contributed by atoms with Crippen LogP contribution in [0.4, 0.5) is 51.2 Å². The van der Waals surface area contributed by atoms with Gasteiger partial charge in [0.15, 0.2) is 0 Å². The molecule has 0 saturated heterocycles. The predicted molar refractivity (Wildman–Crippen MR) is 361 cm³/mol. The monoisotopic (exact) mass is 1080 g/mol. The largest absolute Gasteiger partial charge is 0.313 e. The lowest BCUT2D eigenvalue weighted by Crippen LogP contribution is -2.66. The molecule has 3 nitrogen and oxygen atoms in total. The number of hydrogen-bond donors (Lipinski definition) is 0. The number of anilines is 9. The van der Waals surface area contributed by atoms with E-state index >= 15 is 0 Å². The summed E-state index contributed by atoms with van der Waals surface area (Å²) in [7, 11) is 0. The van der Waals surface area contributed by atoms with Crippen molar-refractivity contribution >= 4 is 97.4 Å². The summed E-state index contributed by atoms with van der Waals surface area (Å²) in [5.41, 5.74) is 45.6. The Morgan fingerprint density at radius 1 is 0.286 bits per heavy atom. The number of aryl methyl sites for hydroxylation is 1. The number of fused-ring (bicyclic) bond motifs is 10. The van der Waals surface area contributed by atoms with Gasteiger partial charge in [0.2, 0.25) is 13.4 Å². The first-order chi connectivity index (χ1) is 40.7. The molecule has 11 aromatic rings. The fourth-order valence-electron chi connectivity index (χ4n) is 15.6. The average Bonchev–Trinajstić information content (AvgIpc) is 0.996. The maximum atomic E-state index is 2.77. The van der Waals surface area contributed by atoms with E-state index in [2.05, 4.69) is 285 Å². The van der Waals surface area contributed by atoms with Gasteiger partial charge in [0.1, 0.15) is 0 Å². The summed E-state index contributed by atoms with van der Waals surface area (Å²) < 4.78 is 0. The molecule has 2 aliphatic heterocycles. The highest BCUT2D eigenvalue weighted by atomic mass is 15.2. The zero-order valence-electron chi connectivity index (χ0n) is 50.4. The average molecular weight is 1080 g/mol. The molecule has 4 aliphatic rings. The van der Waals surface area contributed by atoms with Crippen molar-refractivity contribution in [2.24, 2.45) is 0 Å². The second-order valence-corrected chi connectivity index (χ2v) is 24.8. The minimum Gasteiger partial charge on any atom is -0.313 e. The maximum absolute atomic E-state index is 2.77. The fraction of sp³-hybridized carbons (Fsp3) is 0.165. The molecule has 15 rings (SSSR count). The SMILES string of the molecule is Cc1cc2c3c(c1)B(c1c(C)c(C)c(C)c(C)c1C)c1cc4c(cc1N3c1cc3c(cc1B2c1c(C)c(C)c(C)c(C)c1C)-c1ccc(N(c2ccccc2)c2ccccc2)cc1C3)Cc1cc(N(c2ccccc2)c2ccccc2)ccc1-4. The van der Waals surface area contributed by atoms with Crippen molar-refractivity contribution in [2.75, 3.05) is 14.7 Å². The quantitative estimate of drug-likeness (QED) is 0.140. The lowest BCUT2D eigenvalue weighted by atomic mass is 9.29. The van der Waals surface area contributed by atoms with Crippen LogP contribution in [0.1, 0.15) is 83.5 Å². The van der Waals surface area contributed by atoms with E-state index in [4.69, 9.17) is 0 Å². The van der Waals surface area contributed by atoms with Gasteiger partial charge in [-0.05, 0) is 274 Å². The molecule has 84 heavy (non-hydrogen) atoms. The van der Waals surface area contributed by atoms with Gasteiger partial charge in [0, 0.05) is 51.2 Å². The van der Waals surface area contributed by atoms with Gasteiger partial charge in [0.25, 0.3) is 0 Å². The van der Waals surface area contributed by atoms with Crippen LogP contribution in [0.15, 0.2) is 194 Å². The predicted octanol–water partition coefficient (Wildman–Crippen LogP) is 16.3. The van der Waals surface area contributed by atoms with Gasteiger partial charge >= 0.3 is 0 Å². The van der Waals surface area contributed by atoms with Gasteiger partial charge in [-0.1, -0.05) is 148 Å². The van der Waals surface area contributed by atoms with E-state index in [1.807, 2.05) is 0 Å². The second-order valence-electron chi connectivity index (χ2n) is 24.8. The summed E-state index contributed by atoms with van der Waals surface area (Å²) >= 11 is 0. The standard InChI is InChI=1S/C79H69B2N3/c1-46-36-73-79-74(37-46)81(78-55(10)51(6)48(3)52(7)56(78)11)72-45-70-60(39-58-41-66(33-35-68(58)70)83(63-28-20-14-21-29-63)64-30-22-15-23-31-64)43-76(72)84(79)75-42-59-38-57-40-65(82(61-24-16-12-17-25-61)62-26-18-13-19-27-62)32-34-67(57)69(59)44-71(75)80(73)77-53(8)49(4)47(2)50(5)54(77)9/h12-37,40-45H,38-39H2,1-11H3. The van der Waals surface area contributed by atoms with Crippen LogP contribution in [-0.2, 0) is 12.8 Å². The summed E-state index contributed by atoms with van der Waals surface area (Å²) in [6.07, 6.45) is 1.72. The summed E-state index contributed by atoms with van der Waals surface area (Å²) in [5, 5.41) is 0. The molecule has 406 valence electrons. The Morgan fingerprint density at radius 3 is 0.929 bits per heavy atom. The topological polar surface area (TPSA) is 9.72 Å². The summed E-state index contributed by atoms with van der Waals surface area (Å²) in [6, 6.07) is 73.4. The van der Waals surface area contributed by atoms with Crippen molar-refractivity contribution in [2.45, 2.75) is 89.0 Å². The van der Waals surface area contributed by atoms with Gasteiger partial charge in [0.05, 0.1) is 0 Å². The van der Waals surface area contributed by atoms with Crippen molar-refractivity contribution in [1.82, 2.24) is 0 Å². The Labute approximate surface area is 498 Å². The van der Waals surface area contributed by atoms with Crippen LogP contribution in [-0.4, -0.2) is 13.4 Å². The molecule has 0 fully saturated rings. The Balaban J connectivity index is 0.974. The highest BCUT2D eigenvalue weighted by molar-refractivity contribution is 7.02. The molecular weight excluding hydrogens is 1010 g/mol. The van der Waals surface area contributed by atoms with Crippen LogP contribution in [0.3, 0.4) is 0 Å². The van der Waals surface area contributed by atoms with Gasteiger partial charge in [-0.25, -0.2) is 0 Å². The number of benzene rings is 11. The van der Waals surface area contributed by atoms with E-state index in [-0.39, 0.29) is 13.4 Å². The molecule has 2 aliphatic carbocycles. The number of hydrogen-bond acceptors (Lipinski definition) is 3. The van der Waals surface area contributed by atoms with Crippen molar-refractivity contribution < 1.29 is 0 Å². The van der Waals surface area contributed by atoms with Gasteiger partial charge in [-0.2, -0.15) is 0 Å². The lowest BCUT2D eigenvalue weighted by Gasteiger charge is -2.45. The third-order valence-corrected chi connectivity index (χ3v) is 20.6. The Morgan fingerprint density at radius 2 is 0.595 bits per heavy atom. The molecule has 11 aromatic carbocycles. The van der Waals surface area contributed by atoms with Gasteiger partial charge in [-0.3, -0.25) is 0 Å². The maximum Gasteiger partial charge on any atom is 0.247 e. The molecule has 0 atom stereocenters. The lowest BCUT2D eigenvalue weighted by molar-refractivity contribution is 1.19. The highest BCUT2D eigenvalue weighted by Gasteiger charge is 2.47. The van der Waals surface area contributed by atoms with E-state index in [1.165, 1.54) is 167 Å². The molecular formula is C79H69B2N3. The normalized spacial score (nSPS) is 13.0. The third-order valence-electron chi connectivity index (χ3n) is 20.6. The second kappa shape index (κ2) is 19.5. The minimum atomic E-state index is 0.00309. The van der Waals surface area contributed by atoms with E-state index in [0.717, 1.165) is 35.6 Å². The minimum absolute atomic E-state index is 0.00309. The molecule has 0 aromatic heterocycles. The molecule has 0 unspecified atom stereocenters.